The molecule has 0 amide bonds. The highest BCUT2D eigenvalue weighted by Gasteiger charge is 2.01. The minimum atomic E-state index is 0.404. The molecule has 0 aromatic rings. The van der Waals surface area contributed by atoms with Gasteiger partial charge in [0, 0.05) is 13.7 Å². The molecule has 0 aliphatic heterocycles. The molecular formula is C7H18N2O. The van der Waals surface area contributed by atoms with Gasteiger partial charge in [0.25, 0.3) is 0 Å². The van der Waals surface area contributed by atoms with E-state index in [9.17, 15) is 0 Å². The van der Waals surface area contributed by atoms with Gasteiger partial charge in [0.15, 0.2) is 0 Å². The van der Waals surface area contributed by atoms with Gasteiger partial charge in [-0.3, -0.25) is 10.9 Å². The van der Waals surface area contributed by atoms with Crippen molar-refractivity contribution in [3.63, 3.8) is 0 Å². The summed E-state index contributed by atoms with van der Waals surface area (Å²) in [5, 5.41) is 0. The van der Waals surface area contributed by atoms with Gasteiger partial charge in [0.1, 0.15) is 0 Å². The summed E-state index contributed by atoms with van der Waals surface area (Å²) in [6, 6.07) is 0. The van der Waals surface area contributed by atoms with Crippen LogP contribution in [0.25, 0.3) is 0 Å². The average Bonchev–Trinajstić information content (AvgIpc) is 1.99. The lowest BCUT2D eigenvalue weighted by atomic mass is 10.2. The molecule has 0 aliphatic carbocycles. The maximum absolute atomic E-state index is 5.18. The van der Waals surface area contributed by atoms with E-state index in [1.54, 1.807) is 7.11 Å². The Morgan fingerprint density at radius 1 is 1.50 bits per heavy atom. The van der Waals surface area contributed by atoms with E-state index < -0.39 is 0 Å². The molecule has 0 radical (unpaired) electrons. The first kappa shape index (κ1) is 9.88. The number of methoxy groups -OCH3 is 1. The van der Waals surface area contributed by atoms with Gasteiger partial charge < -0.3 is 4.74 Å². The Balaban J connectivity index is 3.09. The minimum absolute atomic E-state index is 0.404. The molecule has 0 spiro atoms. The van der Waals surface area contributed by atoms with Crippen LogP contribution in [-0.2, 0) is 4.74 Å². The highest BCUT2D eigenvalue weighted by molar-refractivity contribution is 4.54. The first-order valence-corrected chi connectivity index (χ1v) is 3.77. The lowest BCUT2D eigenvalue weighted by molar-refractivity contribution is 0.0915. The summed E-state index contributed by atoms with van der Waals surface area (Å²) >= 11 is 0. The van der Waals surface area contributed by atoms with Gasteiger partial charge in [-0.25, -0.2) is 0 Å². The van der Waals surface area contributed by atoms with Gasteiger partial charge in [0.05, 0.1) is 6.10 Å². The molecule has 1 unspecified atom stereocenters. The molecule has 0 bridgehead atoms. The third-order valence-corrected chi connectivity index (χ3v) is 1.56. The molecule has 62 valence electrons. The van der Waals surface area contributed by atoms with Crippen molar-refractivity contribution in [3.05, 3.63) is 0 Å². The number of hydrogen-bond donors (Lipinski definition) is 2. The van der Waals surface area contributed by atoms with Gasteiger partial charge >= 0.3 is 0 Å². The molecule has 0 saturated heterocycles. The van der Waals surface area contributed by atoms with Crippen LogP contribution in [0, 0.1) is 0 Å². The fourth-order valence-electron chi connectivity index (χ4n) is 0.847. The molecule has 0 saturated carbocycles. The molecule has 0 aromatic heterocycles. The van der Waals surface area contributed by atoms with Crippen molar-refractivity contribution in [1.82, 2.24) is 10.9 Å². The van der Waals surface area contributed by atoms with E-state index in [1.807, 2.05) is 7.05 Å². The van der Waals surface area contributed by atoms with Crippen LogP contribution >= 0.6 is 0 Å². The topological polar surface area (TPSA) is 33.3 Å². The molecule has 3 nitrogen and oxygen atoms in total. The lowest BCUT2D eigenvalue weighted by Gasteiger charge is -2.12. The van der Waals surface area contributed by atoms with Crippen LogP contribution in [0.3, 0.4) is 0 Å². The molecule has 2 N–H and O–H groups in total. The lowest BCUT2D eigenvalue weighted by Crippen LogP contribution is -2.30. The largest absolute Gasteiger partial charge is 0.381 e. The zero-order valence-electron chi connectivity index (χ0n) is 7.11. The maximum atomic E-state index is 5.18. The Labute approximate surface area is 63.1 Å². The second-order valence-corrected chi connectivity index (χ2v) is 2.23. The van der Waals surface area contributed by atoms with E-state index in [0.717, 1.165) is 19.4 Å². The second kappa shape index (κ2) is 6.99. The summed E-state index contributed by atoms with van der Waals surface area (Å²) in [4.78, 5) is 0. The minimum Gasteiger partial charge on any atom is -0.381 e. The second-order valence-electron chi connectivity index (χ2n) is 2.23. The SMILES string of the molecule is CCC(CCNNC)OC. The number of ether oxygens (including phenoxy) is 1. The predicted octanol–water partition coefficient (Wildman–Crippen LogP) is 0.525. The number of hydrogen-bond acceptors (Lipinski definition) is 3. The summed E-state index contributed by atoms with van der Waals surface area (Å²) < 4.78 is 5.18. The third kappa shape index (κ3) is 4.73. The van der Waals surface area contributed by atoms with Crippen molar-refractivity contribution >= 4 is 0 Å². The summed E-state index contributed by atoms with van der Waals surface area (Å²) in [6.45, 7) is 3.09. The highest BCUT2D eigenvalue weighted by atomic mass is 16.5. The zero-order valence-corrected chi connectivity index (χ0v) is 7.11. The smallest absolute Gasteiger partial charge is 0.0581 e. The van der Waals surface area contributed by atoms with E-state index in [4.69, 9.17) is 4.74 Å². The van der Waals surface area contributed by atoms with E-state index in [-0.39, 0.29) is 0 Å². The molecule has 10 heavy (non-hydrogen) atoms. The number of hydrazine groups is 1. The summed E-state index contributed by atoms with van der Waals surface area (Å²) in [7, 11) is 3.63. The fraction of sp³-hybridized carbons (Fsp3) is 1.00. The van der Waals surface area contributed by atoms with Crippen LogP contribution < -0.4 is 10.9 Å². The quantitative estimate of drug-likeness (QED) is 0.423. The van der Waals surface area contributed by atoms with Gasteiger partial charge in [-0.15, -0.1) is 0 Å². The zero-order chi connectivity index (χ0) is 7.82. The Bertz CT molecular complexity index is 64.6. The van der Waals surface area contributed by atoms with Crippen molar-refractivity contribution in [3.8, 4) is 0 Å². The Morgan fingerprint density at radius 3 is 2.60 bits per heavy atom. The molecule has 0 rings (SSSR count). The van der Waals surface area contributed by atoms with Crippen LogP contribution in [-0.4, -0.2) is 26.8 Å². The van der Waals surface area contributed by atoms with Gasteiger partial charge in [0.2, 0.25) is 0 Å². The molecular weight excluding hydrogens is 128 g/mol. The number of rotatable bonds is 6. The van der Waals surface area contributed by atoms with Crippen molar-refractivity contribution in [2.24, 2.45) is 0 Å². The average molecular weight is 146 g/mol. The highest BCUT2D eigenvalue weighted by Crippen LogP contribution is 1.99. The van der Waals surface area contributed by atoms with Crippen LogP contribution in [0.2, 0.25) is 0 Å². The summed E-state index contributed by atoms with van der Waals surface area (Å²) in [6.07, 6.45) is 2.55. The first-order chi connectivity index (χ1) is 4.85. The molecule has 0 aliphatic rings. The van der Waals surface area contributed by atoms with Crippen molar-refractivity contribution in [2.45, 2.75) is 25.9 Å². The molecule has 0 aromatic carbocycles. The Kier molecular flexibility index (Phi) is 6.91. The molecule has 1 atom stereocenters. The van der Waals surface area contributed by atoms with Gasteiger partial charge in [-0.1, -0.05) is 6.92 Å². The molecule has 3 heteroatoms. The standard InChI is InChI=1S/C7H18N2O/c1-4-7(10-3)5-6-9-8-2/h7-9H,4-6H2,1-3H3. The fourth-order valence-corrected chi connectivity index (χ4v) is 0.847. The predicted molar refractivity (Wildman–Crippen MR) is 42.8 cm³/mol. The monoisotopic (exact) mass is 146 g/mol. The van der Waals surface area contributed by atoms with Crippen molar-refractivity contribution in [1.29, 1.82) is 0 Å². The Morgan fingerprint density at radius 2 is 2.20 bits per heavy atom. The first-order valence-electron chi connectivity index (χ1n) is 3.77. The van der Waals surface area contributed by atoms with E-state index in [2.05, 4.69) is 17.8 Å². The van der Waals surface area contributed by atoms with E-state index in [0.29, 0.717) is 6.10 Å². The van der Waals surface area contributed by atoms with E-state index >= 15 is 0 Å². The number of nitrogens with one attached hydrogen (secondary N) is 2. The van der Waals surface area contributed by atoms with Crippen LogP contribution in [0.4, 0.5) is 0 Å². The van der Waals surface area contributed by atoms with Gasteiger partial charge in [-0.05, 0) is 19.9 Å². The van der Waals surface area contributed by atoms with Crippen molar-refractivity contribution < 1.29 is 4.74 Å². The third-order valence-electron chi connectivity index (χ3n) is 1.56. The maximum Gasteiger partial charge on any atom is 0.0581 e. The molecule has 0 fully saturated rings. The van der Waals surface area contributed by atoms with Crippen molar-refractivity contribution in [2.75, 3.05) is 20.7 Å². The van der Waals surface area contributed by atoms with Crippen LogP contribution in [0.1, 0.15) is 19.8 Å². The van der Waals surface area contributed by atoms with Crippen LogP contribution in [0.15, 0.2) is 0 Å². The summed E-state index contributed by atoms with van der Waals surface area (Å²) in [5.74, 6) is 0. The summed E-state index contributed by atoms with van der Waals surface area (Å²) in [5.41, 5.74) is 5.88. The normalized spacial score (nSPS) is 13.5. The van der Waals surface area contributed by atoms with E-state index in [1.165, 1.54) is 0 Å². The van der Waals surface area contributed by atoms with Gasteiger partial charge in [-0.2, -0.15) is 0 Å². The van der Waals surface area contributed by atoms with Crippen LogP contribution in [0.5, 0.6) is 0 Å². The molecule has 0 heterocycles. The Hall–Kier alpha value is -0.120.